The average molecular weight is 203 g/mol. The molecule has 2 aromatic heterocycles. The van der Waals surface area contributed by atoms with E-state index in [9.17, 15) is 0 Å². The van der Waals surface area contributed by atoms with Crippen molar-refractivity contribution >= 4 is 6.21 Å². The molecule has 2 N–H and O–H groups in total. The standard InChI is InChI=1S/C6H5N9/c1-4(11-14-8-1)6(2-9-15-13-6)5-7-3-10-12-5/h1-3H,(H,7,10,12)(H,8,11,14). The first kappa shape index (κ1) is 7.91. The molecule has 1 aliphatic rings. The van der Waals surface area contributed by atoms with Gasteiger partial charge in [0, 0.05) is 6.20 Å². The summed E-state index contributed by atoms with van der Waals surface area (Å²) in [5.41, 5.74) is -0.403. The lowest BCUT2D eigenvalue weighted by atomic mass is 9.98. The first-order valence-corrected chi connectivity index (χ1v) is 4.11. The lowest BCUT2D eigenvalue weighted by Crippen LogP contribution is -2.27. The Balaban J connectivity index is 2.20. The molecule has 0 aromatic carbocycles. The van der Waals surface area contributed by atoms with Gasteiger partial charge >= 0.3 is 0 Å². The van der Waals surface area contributed by atoms with Crippen LogP contribution >= 0.6 is 0 Å². The Labute approximate surface area is 82.7 Å². The third-order valence-corrected chi connectivity index (χ3v) is 2.06. The highest BCUT2D eigenvalue weighted by atomic mass is 15.4. The van der Waals surface area contributed by atoms with Crippen molar-refractivity contribution in [3.05, 3.63) is 24.0 Å². The summed E-state index contributed by atoms with van der Waals surface area (Å²) in [6.07, 6.45) is 4.58. The summed E-state index contributed by atoms with van der Waals surface area (Å²) < 4.78 is 0. The molecule has 0 amide bonds. The number of nitrogens with zero attached hydrogens (tertiary/aromatic N) is 7. The fourth-order valence-electron chi connectivity index (χ4n) is 1.35. The Hall–Kier alpha value is -2.45. The van der Waals surface area contributed by atoms with Crippen molar-refractivity contribution in [2.24, 2.45) is 15.4 Å². The summed E-state index contributed by atoms with van der Waals surface area (Å²) in [7, 11) is 0. The number of H-pyrrole nitrogens is 2. The van der Waals surface area contributed by atoms with Crippen LogP contribution in [-0.4, -0.2) is 36.8 Å². The van der Waals surface area contributed by atoms with E-state index >= 15 is 0 Å². The number of nitrogens with one attached hydrogen (secondary N) is 2. The Morgan fingerprint density at radius 3 is 2.87 bits per heavy atom. The Morgan fingerprint density at radius 2 is 2.27 bits per heavy atom. The van der Waals surface area contributed by atoms with Gasteiger partial charge in [0.05, 0.1) is 6.21 Å². The van der Waals surface area contributed by atoms with E-state index in [1.54, 1.807) is 6.20 Å². The van der Waals surface area contributed by atoms with Gasteiger partial charge in [-0.2, -0.15) is 5.10 Å². The SMILES string of the molecule is C1=NN=NC1(c1c[nH]nn1)c1nc[nH]n1. The smallest absolute Gasteiger partial charge is 0.226 e. The minimum absolute atomic E-state index is 0.432. The van der Waals surface area contributed by atoms with Gasteiger partial charge in [-0.1, -0.05) is 5.21 Å². The first-order valence-electron chi connectivity index (χ1n) is 4.11. The van der Waals surface area contributed by atoms with Gasteiger partial charge in [0.15, 0.2) is 5.82 Å². The molecule has 0 aliphatic carbocycles. The molecule has 74 valence electrons. The molecule has 3 rings (SSSR count). The minimum Gasteiger partial charge on any atom is -0.266 e. The fourth-order valence-corrected chi connectivity index (χ4v) is 1.35. The summed E-state index contributed by atoms with van der Waals surface area (Å²) >= 11 is 0. The Morgan fingerprint density at radius 1 is 1.27 bits per heavy atom. The fraction of sp³-hybridized carbons (Fsp3) is 0.167. The average Bonchev–Trinajstić information content (AvgIpc) is 3.02. The van der Waals surface area contributed by atoms with Crippen LogP contribution in [0.15, 0.2) is 28.0 Å². The molecule has 1 atom stereocenters. The van der Waals surface area contributed by atoms with Crippen LogP contribution in [0.1, 0.15) is 11.5 Å². The van der Waals surface area contributed by atoms with Crippen LogP contribution in [0.3, 0.4) is 0 Å². The zero-order chi connectivity index (χ0) is 10.1. The van der Waals surface area contributed by atoms with Gasteiger partial charge < -0.3 is 0 Å². The van der Waals surface area contributed by atoms with Crippen molar-refractivity contribution in [3.8, 4) is 0 Å². The third kappa shape index (κ3) is 0.994. The van der Waals surface area contributed by atoms with Gasteiger partial charge in [0.2, 0.25) is 5.54 Å². The van der Waals surface area contributed by atoms with Crippen molar-refractivity contribution in [2.75, 3.05) is 0 Å². The molecule has 1 aliphatic heterocycles. The van der Waals surface area contributed by atoms with Gasteiger partial charge in [-0.3, -0.25) is 10.2 Å². The predicted molar refractivity (Wildman–Crippen MR) is 46.9 cm³/mol. The van der Waals surface area contributed by atoms with E-state index in [2.05, 4.69) is 46.0 Å². The van der Waals surface area contributed by atoms with Crippen LogP contribution < -0.4 is 0 Å². The Kier molecular flexibility index (Phi) is 1.46. The number of hydrogen-bond acceptors (Lipinski definition) is 7. The van der Waals surface area contributed by atoms with Gasteiger partial charge in [0.25, 0.3) is 0 Å². The van der Waals surface area contributed by atoms with Gasteiger partial charge in [-0.25, -0.2) is 4.98 Å². The van der Waals surface area contributed by atoms with E-state index < -0.39 is 5.54 Å². The molecule has 15 heavy (non-hydrogen) atoms. The maximum Gasteiger partial charge on any atom is 0.226 e. The van der Waals surface area contributed by atoms with Crippen LogP contribution in [-0.2, 0) is 5.54 Å². The largest absolute Gasteiger partial charge is 0.266 e. The van der Waals surface area contributed by atoms with Gasteiger partial charge in [-0.05, 0) is 5.22 Å². The second kappa shape index (κ2) is 2.77. The lowest BCUT2D eigenvalue weighted by Gasteiger charge is -2.12. The molecule has 0 saturated carbocycles. The van der Waals surface area contributed by atoms with Crippen LogP contribution in [0.4, 0.5) is 0 Å². The van der Waals surface area contributed by atoms with Crippen LogP contribution in [0, 0.1) is 0 Å². The number of aromatic amines is 2. The van der Waals surface area contributed by atoms with E-state index in [1.165, 1.54) is 12.5 Å². The van der Waals surface area contributed by atoms with Crippen molar-refractivity contribution in [1.82, 2.24) is 30.6 Å². The van der Waals surface area contributed by atoms with Gasteiger partial charge in [-0.15, -0.1) is 15.3 Å². The minimum atomic E-state index is -0.951. The molecule has 0 bridgehead atoms. The molecule has 0 saturated heterocycles. The van der Waals surface area contributed by atoms with E-state index in [0.717, 1.165) is 0 Å². The second-order valence-corrected chi connectivity index (χ2v) is 2.88. The summed E-state index contributed by atoms with van der Waals surface area (Å²) in [4.78, 5) is 4.03. The van der Waals surface area contributed by atoms with E-state index in [-0.39, 0.29) is 0 Å². The van der Waals surface area contributed by atoms with Crippen LogP contribution in [0.5, 0.6) is 0 Å². The van der Waals surface area contributed by atoms with E-state index in [1.807, 2.05) is 0 Å². The van der Waals surface area contributed by atoms with Crippen LogP contribution in [0.25, 0.3) is 0 Å². The molecule has 0 spiro atoms. The van der Waals surface area contributed by atoms with E-state index in [0.29, 0.717) is 11.5 Å². The zero-order valence-electron chi connectivity index (χ0n) is 7.36. The molecule has 9 nitrogen and oxygen atoms in total. The Bertz CT molecular complexity index is 444. The number of rotatable bonds is 2. The van der Waals surface area contributed by atoms with Gasteiger partial charge in [0.1, 0.15) is 12.0 Å². The third-order valence-electron chi connectivity index (χ3n) is 2.06. The highest BCUT2D eigenvalue weighted by Gasteiger charge is 2.41. The second-order valence-electron chi connectivity index (χ2n) is 2.88. The summed E-state index contributed by atoms with van der Waals surface area (Å²) in [6, 6.07) is 0. The monoisotopic (exact) mass is 203 g/mol. The van der Waals surface area contributed by atoms with Crippen LogP contribution in [0.2, 0.25) is 0 Å². The molecule has 0 radical (unpaired) electrons. The zero-order valence-corrected chi connectivity index (χ0v) is 7.36. The molecular weight excluding hydrogens is 198 g/mol. The molecule has 1 unspecified atom stereocenters. The number of aromatic nitrogens is 6. The summed E-state index contributed by atoms with van der Waals surface area (Å²) in [6.45, 7) is 0. The maximum atomic E-state index is 4.03. The summed E-state index contributed by atoms with van der Waals surface area (Å²) in [5.74, 6) is 0.432. The quantitative estimate of drug-likeness (QED) is 0.690. The maximum absolute atomic E-state index is 4.03. The van der Waals surface area contributed by atoms with Crippen molar-refractivity contribution in [2.45, 2.75) is 5.54 Å². The highest BCUT2D eigenvalue weighted by Crippen LogP contribution is 2.30. The lowest BCUT2D eigenvalue weighted by molar-refractivity contribution is 0.641. The van der Waals surface area contributed by atoms with Crippen molar-refractivity contribution in [1.29, 1.82) is 0 Å². The summed E-state index contributed by atoms with van der Waals surface area (Å²) in [5, 5.41) is 27.9. The highest BCUT2D eigenvalue weighted by molar-refractivity contribution is 5.76. The molecule has 3 heterocycles. The number of hydrogen-bond donors (Lipinski definition) is 2. The van der Waals surface area contributed by atoms with E-state index in [4.69, 9.17) is 0 Å². The normalized spacial score (nSPS) is 23.7. The predicted octanol–water partition coefficient (Wildman–Crippen LogP) is -0.382. The first-order chi connectivity index (χ1) is 7.42. The molecular formula is C6H5N9. The molecule has 0 fully saturated rings. The van der Waals surface area contributed by atoms with Crippen molar-refractivity contribution < 1.29 is 0 Å². The molecule has 9 heteroatoms. The molecule has 2 aromatic rings. The van der Waals surface area contributed by atoms with Crippen molar-refractivity contribution in [3.63, 3.8) is 0 Å². The topological polar surface area (TPSA) is 120 Å².